The summed E-state index contributed by atoms with van der Waals surface area (Å²) >= 11 is 3.27. The molecule has 3 atom stereocenters. The minimum Gasteiger partial charge on any atom is -0.356 e. The maximum absolute atomic E-state index is 12.1. The third kappa shape index (κ3) is 12.8. The fraction of sp³-hybridized carbons (Fsp3) is 0.828. The van der Waals surface area contributed by atoms with Crippen LogP contribution in [-0.2, 0) is 19.2 Å². The summed E-state index contributed by atoms with van der Waals surface area (Å²) in [6.07, 6.45) is 16.2. The van der Waals surface area contributed by atoms with Crippen LogP contribution in [0.5, 0.6) is 0 Å². The fourth-order valence-electron chi connectivity index (χ4n) is 5.71. The molecule has 3 rings (SSSR count). The molecule has 11 heteroatoms. The van der Waals surface area contributed by atoms with Crippen molar-refractivity contribution in [2.24, 2.45) is 5.92 Å². The highest BCUT2D eigenvalue weighted by molar-refractivity contribution is 8.13. The lowest BCUT2D eigenvalue weighted by atomic mass is 9.94. The standard InChI is InChI=1S/C29H48N4O5S2/c34-24(14-10-9-13-23-28-22(20-40-23)31-29(38)33-28)30-15-11-7-5-3-1-2-4-6-8-12-16-39-27(37)19-21-17-25(35)32-26(36)18-21/h21-23,28H,1-20H2,(H,30,34)(H2,31,33,38)(H,32,35,36)/t22-,23-,28-/m0/s1. The van der Waals surface area contributed by atoms with E-state index in [0.29, 0.717) is 18.1 Å². The van der Waals surface area contributed by atoms with E-state index in [4.69, 9.17) is 0 Å². The van der Waals surface area contributed by atoms with Gasteiger partial charge in [-0.05, 0) is 31.6 Å². The van der Waals surface area contributed by atoms with Crippen LogP contribution in [-0.4, -0.2) is 64.3 Å². The molecule has 0 aromatic carbocycles. The largest absolute Gasteiger partial charge is 0.356 e. The molecular weight excluding hydrogens is 548 g/mol. The van der Waals surface area contributed by atoms with Crippen LogP contribution >= 0.6 is 23.5 Å². The van der Waals surface area contributed by atoms with Crippen LogP contribution in [0.2, 0.25) is 0 Å². The first kappa shape index (κ1) is 32.8. The molecule has 4 N–H and O–H groups in total. The Balaban J connectivity index is 1.01. The quantitative estimate of drug-likeness (QED) is 0.0928. The summed E-state index contributed by atoms with van der Waals surface area (Å²) in [6, 6.07) is 0.478. The summed E-state index contributed by atoms with van der Waals surface area (Å²) in [6.45, 7) is 0.771. The van der Waals surface area contributed by atoms with Crippen LogP contribution in [0.3, 0.4) is 0 Å². The number of carbonyl (C=O) groups excluding carboxylic acids is 5. The highest BCUT2D eigenvalue weighted by atomic mass is 32.2. The fourth-order valence-corrected chi connectivity index (χ4v) is 8.18. The lowest BCUT2D eigenvalue weighted by Gasteiger charge is -2.19. The summed E-state index contributed by atoms with van der Waals surface area (Å²) in [5, 5.41) is 11.9. The van der Waals surface area contributed by atoms with Crippen molar-refractivity contribution in [2.75, 3.05) is 18.1 Å². The molecule has 3 fully saturated rings. The molecule has 0 aliphatic carbocycles. The van der Waals surface area contributed by atoms with Gasteiger partial charge in [-0.25, -0.2) is 4.79 Å². The van der Waals surface area contributed by atoms with Gasteiger partial charge in [0.1, 0.15) is 0 Å². The van der Waals surface area contributed by atoms with Crippen molar-refractivity contribution >= 4 is 52.4 Å². The summed E-state index contributed by atoms with van der Waals surface area (Å²) in [7, 11) is 0. The first-order chi connectivity index (χ1) is 19.4. The lowest BCUT2D eigenvalue weighted by Crippen LogP contribution is -2.38. The Morgan fingerprint density at radius 3 is 2.17 bits per heavy atom. The molecule has 40 heavy (non-hydrogen) atoms. The van der Waals surface area contributed by atoms with Gasteiger partial charge in [-0.1, -0.05) is 69.5 Å². The van der Waals surface area contributed by atoms with Crippen molar-refractivity contribution in [1.82, 2.24) is 21.3 Å². The van der Waals surface area contributed by atoms with Crippen LogP contribution in [0.4, 0.5) is 4.79 Å². The van der Waals surface area contributed by atoms with Crippen molar-refractivity contribution in [1.29, 1.82) is 0 Å². The average Bonchev–Trinajstić information content (AvgIpc) is 3.45. The molecule has 3 saturated heterocycles. The average molecular weight is 597 g/mol. The van der Waals surface area contributed by atoms with E-state index in [1.807, 2.05) is 11.8 Å². The first-order valence-electron chi connectivity index (χ1n) is 15.3. The number of rotatable bonds is 20. The van der Waals surface area contributed by atoms with Crippen LogP contribution < -0.4 is 21.3 Å². The predicted octanol–water partition coefficient (Wildman–Crippen LogP) is 4.43. The first-order valence-corrected chi connectivity index (χ1v) is 17.4. The van der Waals surface area contributed by atoms with Crippen molar-refractivity contribution < 1.29 is 24.0 Å². The zero-order valence-corrected chi connectivity index (χ0v) is 25.4. The van der Waals surface area contributed by atoms with E-state index in [0.717, 1.165) is 63.0 Å². The highest BCUT2D eigenvalue weighted by Crippen LogP contribution is 2.33. The molecule has 0 aromatic rings. The van der Waals surface area contributed by atoms with Crippen LogP contribution in [0, 0.1) is 5.92 Å². The van der Waals surface area contributed by atoms with Gasteiger partial charge in [-0.3, -0.25) is 24.5 Å². The van der Waals surface area contributed by atoms with Crippen molar-refractivity contribution in [3.8, 4) is 0 Å². The topological polar surface area (TPSA) is 133 Å². The smallest absolute Gasteiger partial charge is 0.315 e. The number of thioether (sulfide) groups is 2. The lowest BCUT2D eigenvalue weighted by molar-refractivity contribution is -0.135. The second kappa shape index (κ2) is 18.6. The van der Waals surface area contributed by atoms with Crippen molar-refractivity contribution in [3.05, 3.63) is 0 Å². The van der Waals surface area contributed by atoms with Gasteiger partial charge in [0.05, 0.1) is 12.1 Å². The number of amides is 5. The number of nitrogens with one attached hydrogen (secondary N) is 4. The molecule has 3 aliphatic rings. The summed E-state index contributed by atoms with van der Waals surface area (Å²) < 4.78 is 0. The molecular formula is C29H48N4O5S2. The van der Waals surface area contributed by atoms with Gasteiger partial charge in [0.25, 0.3) is 0 Å². The van der Waals surface area contributed by atoms with E-state index in [1.54, 1.807) is 0 Å². The molecule has 0 radical (unpaired) electrons. The number of carbonyl (C=O) groups is 5. The molecule has 0 spiro atoms. The number of urea groups is 1. The predicted molar refractivity (Wildman–Crippen MR) is 161 cm³/mol. The molecule has 226 valence electrons. The van der Waals surface area contributed by atoms with E-state index in [9.17, 15) is 24.0 Å². The third-order valence-electron chi connectivity index (χ3n) is 7.92. The monoisotopic (exact) mass is 596 g/mol. The van der Waals surface area contributed by atoms with E-state index >= 15 is 0 Å². The van der Waals surface area contributed by atoms with Gasteiger partial charge in [0, 0.05) is 49.0 Å². The second-order valence-corrected chi connectivity index (χ2v) is 13.8. The van der Waals surface area contributed by atoms with E-state index in [2.05, 4.69) is 21.3 Å². The Morgan fingerprint density at radius 1 is 0.825 bits per heavy atom. The van der Waals surface area contributed by atoms with Crippen molar-refractivity contribution in [3.63, 3.8) is 0 Å². The van der Waals surface area contributed by atoms with Crippen LogP contribution in [0.15, 0.2) is 0 Å². The minimum absolute atomic E-state index is 0.0419. The summed E-state index contributed by atoms with van der Waals surface area (Å²) in [4.78, 5) is 58.4. The SMILES string of the molecule is O=C(CCCC[C@@H]1SC[C@@H]2NC(=O)N[C@@H]21)NCCCCCCCCCCCCSC(=O)CC1CC(=O)NC(=O)C1. The molecule has 9 nitrogen and oxygen atoms in total. The van der Waals surface area contributed by atoms with Gasteiger partial charge in [0.15, 0.2) is 5.12 Å². The zero-order chi connectivity index (χ0) is 28.6. The molecule has 0 aromatic heterocycles. The number of hydrogen-bond donors (Lipinski definition) is 4. The molecule has 0 unspecified atom stereocenters. The molecule has 3 heterocycles. The van der Waals surface area contributed by atoms with Gasteiger partial charge >= 0.3 is 6.03 Å². The maximum atomic E-state index is 12.1. The van der Waals surface area contributed by atoms with E-state index in [-0.39, 0.29) is 59.7 Å². The number of fused-ring (bicyclic) bond motifs is 1. The van der Waals surface area contributed by atoms with Gasteiger partial charge < -0.3 is 16.0 Å². The zero-order valence-electron chi connectivity index (χ0n) is 23.8. The Kier molecular flexibility index (Phi) is 15.3. The van der Waals surface area contributed by atoms with Gasteiger partial charge in [0.2, 0.25) is 17.7 Å². The highest BCUT2D eigenvalue weighted by Gasteiger charge is 2.42. The van der Waals surface area contributed by atoms with Gasteiger partial charge in [-0.2, -0.15) is 11.8 Å². The summed E-state index contributed by atoms with van der Waals surface area (Å²) in [5.41, 5.74) is 0. The second-order valence-electron chi connectivity index (χ2n) is 11.4. The Morgan fingerprint density at radius 2 is 1.48 bits per heavy atom. The van der Waals surface area contributed by atoms with Crippen LogP contribution in [0.25, 0.3) is 0 Å². The van der Waals surface area contributed by atoms with E-state index < -0.39 is 0 Å². The molecule has 5 amide bonds. The number of unbranched alkanes of at least 4 members (excludes halogenated alkanes) is 10. The summed E-state index contributed by atoms with van der Waals surface area (Å²) in [5.74, 6) is 1.30. The van der Waals surface area contributed by atoms with Gasteiger partial charge in [-0.15, -0.1) is 0 Å². The third-order valence-corrected chi connectivity index (χ3v) is 10.4. The molecule has 0 saturated carbocycles. The Bertz CT molecular complexity index is 842. The Hall–Kier alpha value is -1.75. The molecule has 0 bridgehead atoms. The minimum atomic E-state index is -0.265. The van der Waals surface area contributed by atoms with E-state index in [1.165, 1.54) is 50.3 Å². The Labute approximate surface area is 247 Å². The van der Waals surface area contributed by atoms with Crippen LogP contribution in [0.1, 0.15) is 109 Å². The number of imide groups is 1. The maximum Gasteiger partial charge on any atom is 0.315 e. The number of piperidine rings is 1. The number of hydrogen-bond acceptors (Lipinski definition) is 7. The normalized spacial score (nSPS) is 22.5. The van der Waals surface area contributed by atoms with Crippen molar-refractivity contribution in [2.45, 2.75) is 126 Å². The molecule has 3 aliphatic heterocycles.